The number of aromatic nitrogens is 3. The number of hydrogen-bond donors (Lipinski definition) is 0. The number of imide groups is 4. The fourth-order valence-electron chi connectivity index (χ4n) is 17.9. The zero-order valence-corrected chi connectivity index (χ0v) is 70.2. The lowest BCUT2D eigenvalue weighted by Gasteiger charge is -2.33. The lowest BCUT2D eigenvalue weighted by Crippen LogP contribution is -2.44. The van der Waals surface area contributed by atoms with E-state index in [2.05, 4.69) is 39.2 Å². The van der Waals surface area contributed by atoms with Crippen molar-refractivity contribution in [1.29, 1.82) is 0 Å². The van der Waals surface area contributed by atoms with Crippen molar-refractivity contribution in [3.8, 4) is 21.1 Å². The fraction of sp³-hybridized carbons (Fsp3) is 0.638. The predicted molar refractivity (Wildman–Crippen MR) is 457 cm³/mol. The van der Waals surface area contributed by atoms with Crippen molar-refractivity contribution in [2.45, 2.75) is 362 Å². The number of aryl methyl sites for hydroxylation is 1. The third-order valence-electron chi connectivity index (χ3n) is 24.4. The van der Waals surface area contributed by atoms with E-state index < -0.39 is 47.3 Å². The third kappa shape index (κ3) is 20.4. The largest absolute Gasteiger partial charge is 0.308 e. The quantitative estimate of drug-likeness (QED) is 0.0263. The second-order valence-corrected chi connectivity index (χ2v) is 35.0. The van der Waals surface area contributed by atoms with Crippen molar-refractivity contribution < 1.29 is 38.4 Å². The van der Waals surface area contributed by atoms with Crippen LogP contribution in [-0.4, -0.2) is 108 Å². The van der Waals surface area contributed by atoms with Gasteiger partial charge in [-0.3, -0.25) is 58.0 Å². The Hall–Kier alpha value is -6.98. The summed E-state index contributed by atoms with van der Waals surface area (Å²) in [5, 5.41) is 2.32. The molecule has 0 bridgehead atoms. The maximum atomic E-state index is 15.7. The van der Waals surface area contributed by atoms with E-state index in [9.17, 15) is 9.59 Å². The van der Waals surface area contributed by atoms with Crippen LogP contribution >= 0.6 is 22.7 Å². The first-order valence-corrected chi connectivity index (χ1v) is 46.6. The number of amides is 8. The molecule has 0 aliphatic carbocycles. The van der Waals surface area contributed by atoms with Gasteiger partial charge in [-0.05, 0) is 68.5 Å². The second-order valence-electron chi connectivity index (χ2n) is 33.0. The molecule has 0 radical (unpaired) electrons. The molecule has 0 saturated heterocycles. The van der Waals surface area contributed by atoms with Gasteiger partial charge < -0.3 is 4.57 Å². The zero-order chi connectivity index (χ0) is 78.0. The first-order valence-electron chi connectivity index (χ1n) is 44.9. The Kier molecular flexibility index (Phi) is 33.3. The molecular formula is C94H131N7O8S2. The molecule has 3 aromatic heterocycles. The van der Waals surface area contributed by atoms with Gasteiger partial charge in [0.15, 0.2) is 11.3 Å². The van der Waals surface area contributed by atoms with Crippen molar-refractivity contribution in [2.75, 3.05) is 26.2 Å². The van der Waals surface area contributed by atoms with Gasteiger partial charge in [0.05, 0.1) is 20.5 Å². The van der Waals surface area contributed by atoms with E-state index in [0.717, 1.165) is 125 Å². The standard InChI is InChI=1S/C94H131N7O8S2/c1-6-11-16-21-26-31-36-41-46-51-60-97-83-81(110-85(95-83)71-65-73-75-67(87(102)98(91(73)106)61-52-47-42-37-32-27-22-17-12-7-2)56-58-69-77(75)79(71)93(108)100(89(69)104)63-54-49-44-39-34-29-24-19-14-9-4)82-84(97)96-86(111-82)72-66-74-76-68(88(103)99(92(74)107)62-53-48-43-38-33-28-23-18-13-8-3)57-59-70-78(76)80(72)94(109)101(90(70)105)64-55-50-45-40-35-30-25-20-15-10-5/h56-59,65-66H,6-55,60-64H2,1-5H3. The molecular weight excluding hydrogens is 1420 g/mol. The van der Waals surface area contributed by atoms with Crippen molar-refractivity contribution in [3.63, 3.8) is 0 Å². The molecule has 4 aliphatic heterocycles. The summed E-state index contributed by atoms with van der Waals surface area (Å²) >= 11 is 2.81. The Labute approximate surface area is 671 Å². The minimum absolute atomic E-state index is 0.227. The number of benzene rings is 4. The van der Waals surface area contributed by atoms with E-state index in [1.54, 1.807) is 36.4 Å². The molecule has 0 N–H and O–H groups in total. The zero-order valence-electron chi connectivity index (χ0n) is 68.6. The Balaban J connectivity index is 0.982. The SMILES string of the molecule is CCCCCCCCCCCCN1C(=O)c2ccc3c4c(c(-c5nc6c(s5)c5sc(-c7cc8c9c(ccc%10c9c7C(=O)N(CCCCCCCCCCCC)C%10=O)C(=O)N(CCCCCCCCCCCC)C8=O)nc5n6CCCCCCCCCCCC)cc(c24)C1=O)C(=O)N(CCCCCCCCCCCC)C3=O. The molecule has 602 valence electrons. The highest BCUT2D eigenvalue weighted by Gasteiger charge is 2.45. The van der Waals surface area contributed by atoms with E-state index in [-0.39, 0.29) is 48.4 Å². The maximum absolute atomic E-state index is 15.7. The Morgan fingerprint density at radius 3 is 0.694 bits per heavy atom. The summed E-state index contributed by atoms with van der Waals surface area (Å²) in [5.74, 6) is -3.51. The van der Waals surface area contributed by atoms with Gasteiger partial charge in [-0.1, -0.05) is 324 Å². The number of unbranched alkanes of at least 4 members (excludes halogenated alkanes) is 45. The van der Waals surface area contributed by atoms with E-state index in [4.69, 9.17) is 9.97 Å². The van der Waals surface area contributed by atoms with Gasteiger partial charge in [-0.25, -0.2) is 9.97 Å². The van der Waals surface area contributed by atoms with Crippen molar-refractivity contribution in [2.24, 2.45) is 0 Å². The molecule has 4 aromatic carbocycles. The average Bonchev–Trinajstić information content (AvgIpc) is 1.64. The minimum Gasteiger partial charge on any atom is -0.308 e. The molecule has 15 nitrogen and oxygen atoms in total. The van der Waals surface area contributed by atoms with Gasteiger partial charge in [-0.15, -0.1) is 22.7 Å². The summed E-state index contributed by atoms with van der Waals surface area (Å²) in [7, 11) is 0. The molecule has 8 amide bonds. The summed E-state index contributed by atoms with van der Waals surface area (Å²) in [6, 6.07) is 10.3. The number of carbonyl (C=O) groups is 8. The first kappa shape index (κ1) is 84.9. The normalized spacial score (nSPS) is 14.2. The van der Waals surface area contributed by atoms with E-state index in [1.807, 2.05) is 0 Å². The molecule has 111 heavy (non-hydrogen) atoms. The number of thiazole rings is 2. The second kappa shape index (κ2) is 43.5. The molecule has 0 unspecified atom stereocenters. The van der Waals surface area contributed by atoms with Gasteiger partial charge in [0, 0.05) is 98.8 Å². The predicted octanol–water partition coefficient (Wildman–Crippen LogP) is 26.3. The van der Waals surface area contributed by atoms with Crippen LogP contribution in [0.1, 0.15) is 439 Å². The smallest absolute Gasteiger partial charge is 0.262 e. The number of rotatable bonds is 57. The summed E-state index contributed by atoms with van der Waals surface area (Å²) < 4.78 is 3.75. The van der Waals surface area contributed by atoms with Gasteiger partial charge in [0.1, 0.15) is 10.0 Å². The first-order chi connectivity index (χ1) is 54.4. The Bertz CT molecular complexity index is 4090. The summed E-state index contributed by atoms with van der Waals surface area (Å²) in [6.07, 6.45) is 55.5. The summed E-state index contributed by atoms with van der Waals surface area (Å²) in [4.78, 5) is 138. The van der Waals surface area contributed by atoms with Gasteiger partial charge in [0.2, 0.25) is 0 Å². The third-order valence-corrected chi connectivity index (χ3v) is 26.7. The molecule has 0 saturated carbocycles. The average molecular weight is 1550 g/mol. The monoisotopic (exact) mass is 1550 g/mol. The van der Waals surface area contributed by atoms with E-state index in [0.29, 0.717) is 108 Å². The highest BCUT2D eigenvalue weighted by atomic mass is 32.1. The van der Waals surface area contributed by atoms with Crippen molar-refractivity contribution >= 4 is 112 Å². The van der Waals surface area contributed by atoms with Crippen LogP contribution in [0.4, 0.5) is 0 Å². The molecule has 0 atom stereocenters. The van der Waals surface area contributed by atoms with Crippen LogP contribution in [0.15, 0.2) is 36.4 Å². The van der Waals surface area contributed by atoms with Crippen LogP contribution in [0, 0.1) is 0 Å². The highest BCUT2D eigenvalue weighted by Crippen LogP contribution is 2.50. The van der Waals surface area contributed by atoms with E-state index in [1.165, 1.54) is 222 Å². The molecule has 0 spiro atoms. The number of carbonyl (C=O) groups excluding carboxylic acids is 8. The summed E-state index contributed by atoms with van der Waals surface area (Å²) in [6.45, 7) is 12.7. The molecule has 4 aliphatic rings. The van der Waals surface area contributed by atoms with Crippen LogP contribution < -0.4 is 0 Å². The molecule has 17 heteroatoms. The van der Waals surface area contributed by atoms with Gasteiger partial charge in [0.25, 0.3) is 47.3 Å². The molecule has 0 fully saturated rings. The maximum Gasteiger partial charge on any atom is 0.262 e. The number of nitrogens with zero attached hydrogens (tertiary/aromatic N) is 7. The highest BCUT2D eigenvalue weighted by molar-refractivity contribution is 7.29. The fourth-order valence-corrected chi connectivity index (χ4v) is 20.2. The van der Waals surface area contributed by atoms with Gasteiger partial charge in [-0.2, -0.15) is 0 Å². The molecule has 11 rings (SSSR count). The lowest BCUT2D eigenvalue weighted by atomic mass is 9.83. The Morgan fingerprint density at radius 1 is 0.234 bits per heavy atom. The number of hydrogen-bond acceptors (Lipinski definition) is 12. The molecule has 7 heterocycles. The molecule has 7 aromatic rings. The van der Waals surface area contributed by atoms with Crippen molar-refractivity contribution in [1.82, 2.24) is 34.1 Å². The van der Waals surface area contributed by atoms with Crippen LogP contribution in [0.25, 0.3) is 63.4 Å². The van der Waals surface area contributed by atoms with Crippen LogP contribution in [-0.2, 0) is 6.54 Å². The van der Waals surface area contributed by atoms with E-state index >= 15 is 28.8 Å². The topological polar surface area (TPSA) is 180 Å². The number of fused-ring (bicyclic) bond motifs is 3. The summed E-state index contributed by atoms with van der Waals surface area (Å²) in [5.41, 5.74) is 4.46. The van der Waals surface area contributed by atoms with Crippen molar-refractivity contribution in [3.05, 3.63) is 80.9 Å². The van der Waals surface area contributed by atoms with Crippen LogP contribution in [0.3, 0.4) is 0 Å². The van der Waals surface area contributed by atoms with Gasteiger partial charge >= 0.3 is 0 Å². The van der Waals surface area contributed by atoms with Crippen LogP contribution in [0.2, 0.25) is 0 Å². The minimum atomic E-state index is -0.464. The van der Waals surface area contributed by atoms with Crippen LogP contribution in [0.5, 0.6) is 0 Å². The Morgan fingerprint density at radius 2 is 0.441 bits per heavy atom. The lowest BCUT2D eigenvalue weighted by molar-refractivity contribution is 0.0586.